The number of nitrogens with zero attached hydrogens (tertiary/aromatic N) is 1. The Kier molecular flexibility index (Phi) is 3.30. The number of hydrogen-bond acceptors (Lipinski definition) is 3. The van der Waals surface area contributed by atoms with Crippen molar-refractivity contribution in [2.24, 2.45) is 11.3 Å². The number of aryl methyl sites for hydroxylation is 2. The first-order valence-electron chi connectivity index (χ1n) is 7.60. The molecule has 2 atom stereocenters. The molecule has 2 aliphatic rings. The summed E-state index contributed by atoms with van der Waals surface area (Å²) in [4.78, 5) is 25.9. The molecule has 1 aliphatic carbocycles. The van der Waals surface area contributed by atoms with Crippen molar-refractivity contribution < 1.29 is 19.1 Å². The molecule has 0 radical (unpaired) electrons. The van der Waals surface area contributed by atoms with Crippen LogP contribution < -0.4 is 0 Å². The smallest absolute Gasteiger partial charge is 0.311 e. The highest BCUT2D eigenvalue weighted by Crippen LogP contribution is 2.49. The fourth-order valence-electron chi connectivity index (χ4n) is 3.93. The molecule has 2 fully saturated rings. The van der Waals surface area contributed by atoms with Gasteiger partial charge in [0.25, 0.3) is 5.91 Å². The van der Waals surface area contributed by atoms with E-state index in [0.717, 1.165) is 30.6 Å². The van der Waals surface area contributed by atoms with Gasteiger partial charge in [0.15, 0.2) is 5.76 Å². The average molecular weight is 291 g/mol. The molecule has 5 nitrogen and oxygen atoms in total. The maximum Gasteiger partial charge on any atom is 0.311 e. The second-order valence-electron chi connectivity index (χ2n) is 6.31. The van der Waals surface area contributed by atoms with Gasteiger partial charge < -0.3 is 14.4 Å². The number of hydrogen-bond donors (Lipinski definition) is 1. The number of carbonyl (C=O) groups excluding carboxylic acids is 1. The maximum absolute atomic E-state index is 12.6. The summed E-state index contributed by atoms with van der Waals surface area (Å²) in [5.74, 6) is 0.314. The van der Waals surface area contributed by atoms with E-state index in [9.17, 15) is 14.7 Å². The van der Waals surface area contributed by atoms with Crippen LogP contribution in [0.15, 0.2) is 10.5 Å². The lowest BCUT2D eigenvalue weighted by atomic mass is 9.81. The first kappa shape index (κ1) is 14.2. The Hall–Kier alpha value is -1.78. The molecular formula is C16H21NO4. The average Bonchev–Trinajstić information content (AvgIpc) is 3.08. The molecule has 1 aromatic rings. The number of amides is 1. The number of carbonyl (C=O) groups is 2. The number of carboxylic acid groups (broad SMARTS) is 1. The monoisotopic (exact) mass is 291 g/mol. The van der Waals surface area contributed by atoms with Crippen molar-refractivity contribution in [3.8, 4) is 0 Å². The highest BCUT2D eigenvalue weighted by Gasteiger charge is 2.56. The summed E-state index contributed by atoms with van der Waals surface area (Å²) in [5, 5.41) is 9.57. The van der Waals surface area contributed by atoms with Crippen LogP contribution in [0.2, 0.25) is 0 Å². The Morgan fingerprint density at radius 2 is 2.29 bits per heavy atom. The van der Waals surface area contributed by atoms with Gasteiger partial charge in [-0.15, -0.1) is 0 Å². The molecule has 0 aromatic carbocycles. The van der Waals surface area contributed by atoms with Gasteiger partial charge in [0.1, 0.15) is 5.76 Å². The third-order valence-corrected chi connectivity index (χ3v) is 5.14. The second-order valence-corrected chi connectivity index (χ2v) is 6.31. The van der Waals surface area contributed by atoms with Gasteiger partial charge in [0, 0.05) is 19.5 Å². The number of fused-ring (bicyclic) bond motifs is 1. The van der Waals surface area contributed by atoms with Gasteiger partial charge in [0.05, 0.1) is 5.41 Å². The molecule has 0 spiro atoms. The normalized spacial score (nSPS) is 27.9. The zero-order valence-corrected chi connectivity index (χ0v) is 12.5. The standard InChI is InChI=1S/C16H21NO4/c1-3-12-10(2)7-13(21-12)14(18)17-8-11-5-4-6-16(11,9-17)15(19)20/h7,11H,3-6,8-9H2,1-2H3,(H,19,20)/t11-,16+/m0/s1. The van der Waals surface area contributed by atoms with Gasteiger partial charge in [-0.05, 0) is 37.3 Å². The van der Waals surface area contributed by atoms with Crippen LogP contribution in [0.25, 0.3) is 0 Å². The lowest BCUT2D eigenvalue weighted by molar-refractivity contribution is -0.149. The molecule has 1 N–H and O–H groups in total. The molecule has 1 aromatic heterocycles. The SMILES string of the molecule is CCc1oc(C(=O)N2C[C@@H]3CCC[C@@]3(C(=O)O)C2)cc1C. The molecule has 21 heavy (non-hydrogen) atoms. The maximum atomic E-state index is 12.6. The van der Waals surface area contributed by atoms with Gasteiger partial charge in [0.2, 0.25) is 0 Å². The van der Waals surface area contributed by atoms with Crippen LogP contribution in [-0.2, 0) is 11.2 Å². The van der Waals surface area contributed by atoms with Crippen LogP contribution in [0.3, 0.4) is 0 Å². The van der Waals surface area contributed by atoms with E-state index in [0.29, 0.717) is 25.3 Å². The first-order chi connectivity index (χ1) is 9.98. The fraction of sp³-hybridized carbons (Fsp3) is 0.625. The summed E-state index contributed by atoms with van der Waals surface area (Å²) in [7, 11) is 0. The van der Waals surface area contributed by atoms with Gasteiger partial charge in [-0.3, -0.25) is 9.59 Å². The van der Waals surface area contributed by atoms with E-state index in [1.54, 1.807) is 11.0 Å². The Labute approximate surface area is 123 Å². The number of aliphatic carboxylic acids is 1. The molecule has 1 saturated heterocycles. The van der Waals surface area contributed by atoms with Crippen molar-refractivity contribution in [1.29, 1.82) is 0 Å². The second kappa shape index (κ2) is 4.90. The van der Waals surface area contributed by atoms with Gasteiger partial charge in [-0.1, -0.05) is 13.3 Å². The van der Waals surface area contributed by atoms with Crippen LogP contribution in [0.1, 0.15) is 48.1 Å². The molecule has 1 saturated carbocycles. The Morgan fingerprint density at radius 3 is 2.86 bits per heavy atom. The molecule has 1 aliphatic heterocycles. The summed E-state index contributed by atoms with van der Waals surface area (Å²) in [6.07, 6.45) is 3.27. The molecule has 114 valence electrons. The van der Waals surface area contributed by atoms with Crippen LogP contribution in [0.4, 0.5) is 0 Å². The molecular weight excluding hydrogens is 270 g/mol. The molecule has 5 heteroatoms. The van der Waals surface area contributed by atoms with E-state index in [1.165, 1.54) is 0 Å². The Balaban J connectivity index is 1.82. The van der Waals surface area contributed by atoms with Crippen molar-refractivity contribution in [2.75, 3.05) is 13.1 Å². The van der Waals surface area contributed by atoms with Gasteiger partial charge in [-0.25, -0.2) is 0 Å². The van der Waals surface area contributed by atoms with E-state index < -0.39 is 11.4 Å². The number of likely N-dealkylation sites (tertiary alicyclic amines) is 1. The van der Waals surface area contributed by atoms with Crippen molar-refractivity contribution in [3.63, 3.8) is 0 Å². The zero-order chi connectivity index (χ0) is 15.2. The summed E-state index contributed by atoms with van der Waals surface area (Å²) in [6, 6.07) is 1.77. The third-order valence-electron chi connectivity index (χ3n) is 5.14. The summed E-state index contributed by atoms with van der Waals surface area (Å²) in [5.41, 5.74) is 0.249. The van der Waals surface area contributed by atoms with Crippen molar-refractivity contribution in [3.05, 3.63) is 23.2 Å². The topological polar surface area (TPSA) is 70.8 Å². The fourth-order valence-corrected chi connectivity index (χ4v) is 3.93. The Morgan fingerprint density at radius 1 is 1.52 bits per heavy atom. The summed E-state index contributed by atoms with van der Waals surface area (Å²) < 4.78 is 5.61. The zero-order valence-electron chi connectivity index (χ0n) is 12.5. The predicted octanol–water partition coefficient (Wildman–Crippen LogP) is 2.48. The number of rotatable bonds is 3. The molecule has 0 bridgehead atoms. The van der Waals surface area contributed by atoms with Crippen LogP contribution in [0, 0.1) is 18.3 Å². The molecule has 2 heterocycles. The largest absolute Gasteiger partial charge is 0.481 e. The first-order valence-corrected chi connectivity index (χ1v) is 7.60. The molecule has 1 amide bonds. The summed E-state index contributed by atoms with van der Waals surface area (Å²) >= 11 is 0. The van der Waals surface area contributed by atoms with Gasteiger partial charge >= 0.3 is 5.97 Å². The van der Waals surface area contributed by atoms with Gasteiger partial charge in [-0.2, -0.15) is 0 Å². The van der Waals surface area contributed by atoms with E-state index >= 15 is 0 Å². The minimum absolute atomic E-state index is 0.0839. The van der Waals surface area contributed by atoms with E-state index in [4.69, 9.17) is 4.42 Å². The van der Waals surface area contributed by atoms with Crippen LogP contribution >= 0.6 is 0 Å². The minimum atomic E-state index is -0.759. The third kappa shape index (κ3) is 2.06. The summed E-state index contributed by atoms with van der Waals surface area (Å²) in [6.45, 7) is 4.76. The van der Waals surface area contributed by atoms with E-state index in [1.807, 2.05) is 13.8 Å². The van der Waals surface area contributed by atoms with E-state index in [-0.39, 0.29) is 11.8 Å². The minimum Gasteiger partial charge on any atom is -0.481 e. The quantitative estimate of drug-likeness (QED) is 0.928. The van der Waals surface area contributed by atoms with Crippen LogP contribution in [-0.4, -0.2) is 35.0 Å². The van der Waals surface area contributed by atoms with Crippen molar-refractivity contribution >= 4 is 11.9 Å². The molecule has 0 unspecified atom stereocenters. The lowest BCUT2D eigenvalue weighted by Crippen LogP contribution is -2.37. The highest BCUT2D eigenvalue weighted by molar-refractivity contribution is 5.93. The van der Waals surface area contributed by atoms with E-state index in [2.05, 4.69) is 0 Å². The lowest BCUT2D eigenvalue weighted by Gasteiger charge is -2.22. The number of furan rings is 1. The molecule has 3 rings (SSSR count). The number of carboxylic acids is 1. The van der Waals surface area contributed by atoms with Crippen LogP contribution in [0.5, 0.6) is 0 Å². The van der Waals surface area contributed by atoms with Crippen molar-refractivity contribution in [1.82, 2.24) is 4.90 Å². The highest BCUT2D eigenvalue weighted by atomic mass is 16.4. The predicted molar refractivity (Wildman–Crippen MR) is 76.1 cm³/mol. The van der Waals surface area contributed by atoms with Crippen molar-refractivity contribution in [2.45, 2.75) is 39.5 Å². The Bertz CT molecular complexity index is 591.